The number of carboxylic acid groups (broad SMARTS) is 1. The zero-order chi connectivity index (χ0) is 15.7. The molecule has 0 bridgehead atoms. The predicted molar refractivity (Wildman–Crippen MR) is 81.9 cm³/mol. The molecule has 0 aromatic rings. The summed E-state index contributed by atoms with van der Waals surface area (Å²) in [6.07, 6.45) is 10.0. The van der Waals surface area contributed by atoms with Gasteiger partial charge in [-0.3, -0.25) is 9.59 Å². The number of aliphatic carboxylic acids is 1. The first-order valence-electron chi connectivity index (χ1n) is 8.14. The summed E-state index contributed by atoms with van der Waals surface area (Å²) in [5.41, 5.74) is 0.835. The Morgan fingerprint density at radius 2 is 1.90 bits per heavy atom. The van der Waals surface area contributed by atoms with Crippen LogP contribution >= 0.6 is 0 Å². The largest absolute Gasteiger partial charge is 0.481 e. The maximum atomic E-state index is 12.1. The number of esters is 1. The second-order valence-corrected chi connectivity index (χ2v) is 5.88. The molecule has 1 aliphatic carbocycles. The lowest BCUT2D eigenvalue weighted by atomic mass is 9.79. The van der Waals surface area contributed by atoms with Crippen LogP contribution in [-0.4, -0.2) is 23.7 Å². The standard InChI is InChI=1S/C17H28O4/c1-3-4-5-6-7-8-12-21-17(20)15-13(2)10-9-11-14(15)16(18)19/h10,14-15H,3-9,11-12H2,1-2H3,(H,18,19). The summed E-state index contributed by atoms with van der Waals surface area (Å²) in [6.45, 7) is 4.41. The Bertz CT molecular complexity index is 373. The SMILES string of the molecule is CCCCCCCCOC(=O)C1C(C)=CCCC1C(=O)O. The van der Waals surface area contributed by atoms with E-state index in [1.165, 1.54) is 25.7 Å². The van der Waals surface area contributed by atoms with Gasteiger partial charge in [-0.05, 0) is 26.2 Å². The average Bonchev–Trinajstić information content (AvgIpc) is 2.45. The summed E-state index contributed by atoms with van der Waals surface area (Å²) in [5, 5.41) is 9.23. The Kier molecular flexibility index (Phi) is 8.09. The third-order valence-electron chi connectivity index (χ3n) is 4.15. The van der Waals surface area contributed by atoms with Crippen LogP contribution in [0.1, 0.15) is 65.2 Å². The molecule has 120 valence electrons. The molecule has 4 heteroatoms. The lowest BCUT2D eigenvalue weighted by Gasteiger charge is -2.26. The molecule has 0 saturated heterocycles. The van der Waals surface area contributed by atoms with E-state index in [0.717, 1.165) is 24.8 Å². The zero-order valence-corrected chi connectivity index (χ0v) is 13.3. The van der Waals surface area contributed by atoms with E-state index in [0.29, 0.717) is 13.0 Å². The van der Waals surface area contributed by atoms with Gasteiger partial charge in [-0.1, -0.05) is 50.7 Å². The van der Waals surface area contributed by atoms with Gasteiger partial charge in [0.1, 0.15) is 0 Å². The minimum Gasteiger partial charge on any atom is -0.481 e. The summed E-state index contributed by atoms with van der Waals surface area (Å²) >= 11 is 0. The lowest BCUT2D eigenvalue weighted by molar-refractivity contribution is -0.156. The molecule has 0 aliphatic heterocycles. The molecule has 4 nitrogen and oxygen atoms in total. The molecule has 0 aromatic heterocycles. The fourth-order valence-corrected chi connectivity index (χ4v) is 2.86. The Morgan fingerprint density at radius 1 is 1.24 bits per heavy atom. The molecule has 1 aliphatic rings. The van der Waals surface area contributed by atoms with Gasteiger partial charge in [-0.25, -0.2) is 0 Å². The smallest absolute Gasteiger partial charge is 0.313 e. The van der Waals surface area contributed by atoms with Crippen LogP contribution in [0.15, 0.2) is 11.6 Å². The number of hydrogen-bond donors (Lipinski definition) is 1. The van der Waals surface area contributed by atoms with Gasteiger partial charge in [0.2, 0.25) is 0 Å². The Morgan fingerprint density at radius 3 is 2.57 bits per heavy atom. The van der Waals surface area contributed by atoms with Crippen LogP contribution in [0.3, 0.4) is 0 Å². The van der Waals surface area contributed by atoms with Crippen molar-refractivity contribution in [1.29, 1.82) is 0 Å². The second-order valence-electron chi connectivity index (χ2n) is 5.88. The molecule has 0 radical (unpaired) electrons. The molecule has 21 heavy (non-hydrogen) atoms. The van der Waals surface area contributed by atoms with Crippen LogP contribution in [-0.2, 0) is 14.3 Å². The molecule has 1 rings (SSSR count). The van der Waals surface area contributed by atoms with E-state index in [4.69, 9.17) is 4.74 Å². The highest BCUT2D eigenvalue weighted by molar-refractivity contribution is 5.84. The number of rotatable bonds is 9. The van der Waals surface area contributed by atoms with E-state index >= 15 is 0 Å². The van der Waals surface area contributed by atoms with E-state index < -0.39 is 17.8 Å². The summed E-state index contributed by atoms with van der Waals surface area (Å²) < 4.78 is 5.30. The van der Waals surface area contributed by atoms with E-state index in [2.05, 4.69) is 6.92 Å². The van der Waals surface area contributed by atoms with Crippen molar-refractivity contribution >= 4 is 11.9 Å². The van der Waals surface area contributed by atoms with Crippen LogP contribution in [0.2, 0.25) is 0 Å². The summed E-state index contributed by atoms with van der Waals surface area (Å²) in [4.78, 5) is 23.4. The normalized spacial score (nSPS) is 21.7. The van der Waals surface area contributed by atoms with E-state index in [9.17, 15) is 14.7 Å². The Balaban J connectivity index is 2.34. The first kappa shape index (κ1) is 17.7. The van der Waals surface area contributed by atoms with Gasteiger partial charge >= 0.3 is 11.9 Å². The summed E-state index contributed by atoms with van der Waals surface area (Å²) in [6, 6.07) is 0. The number of unbranched alkanes of at least 4 members (excludes halogenated alkanes) is 5. The molecular weight excluding hydrogens is 268 g/mol. The van der Waals surface area contributed by atoms with Gasteiger partial charge in [-0.15, -0.1) is 0 Å². The highest BCUT2D eigenvalue weighted by Crippen LogP contribution is 2.31. The fraction of sp³-hybridized carbons (Fsp3) is 0.765. The highest BCUT2D eigenvalue weighted by atomic mass is 16.5. The van der Waals surface area contributed by atoms with Gasteiger partial charge in [0.25, 0.3) is 0 Å². The monoisotopic (exact) mass is 296 g/mol. The second kappa shape index (κ2) is 9.59. The number of carbonyl (C=O) groups is 2. The van der Waals surface area contributed by atoms with Crippen molar-refractivity contribution in [3.8, 4) is 0 Å². The maximum absolute atomic E-state index is 12.1. The third kappa shape index (κ3) is 5.90. The Labute approximate surface area is 127 Å². The zero-order valence-electron chi connectivity index (χ0n) is 13.3. The van der Waals surface area contributed by atoms with Crippen LogP contribution in [0.5, 0.6) is 0 Å². The van der Waals surface area contributed by atoms with Crippen molar-refractivity contribution in [2.45, 2.75) is 65.2 Å². The van der Waals surface area contributed by atoms with Crippen molar-refractivity contribution in [2.24, 2.45) is 11.8 Å². The van der Waals surface area contributed by atoms with E-state index in [1.54, 1.807) is 0 Å². The molecule has 0 aromatic carbocycles. The van der Waals surface area contributed by atoms with E-state index in [1.807, 2.05) is 13.0 Å². The molecule has 0 amide bonds. The summed E-state index contributed by atoms with van der Waals surface area (Å²) in [5.74, 6) is -2.50. The number of ether oxygens (including phenoxy) is 1. The van der Waals surface area contributed by atoms with Crippen molar-refractivity contribution in [2.75, 3.05) is 6.61 Å². The van der Waals surface area contributed by atoms with Crippen LogP contribution in [0.4, 0.5) is 0 Å². The lowest BCUT2D eigenvalue weighted by Crippen LogP contribution is -2.34. The van der Waals surface area contributed by atoms with Gasteiger partial charge in [0.15, 0.2) is 0 Å². The number of hydrogen-bond acceptors (Lipinski definition) is 3. The quantitative estimate of drug-likeness (QED) is 0.397. The number of carboxylic acids is 1. The highest BCUT2D eigenvalue weighted by Gasteiger charge is 2.37. The maximum Gasteiger partial charge on any atom is 0.313 e. The van der Waals surface area contributed by atoms with Crippen LogP contribution in [0, 0.1) is 11.8 Å². The topological polar surface area (TPSA) is 63.6 Å². The van der Waals surface area contributed by atoms with Crippen molar-refractivity contribution < 1.29 is 19.4 Å². The number of allylic oxidation sites excluding steroid dienone is 1. The Hall–Kier alpha value is -1.32. The third-order valence-corrected chi connectivity index (χ3v) is 4.15. The molecule has 0 fully saturated rings. The average molecular weight is 296 g/mol. The molecule has 2 unspecified atom stereocenters. The van der Waals surface area contributed by atoms with Gasteiger partial charge in [0, 0.05) is 0 Å². The minimum atomic E-state index is -0.899. The molecular formula is C17H28O4. The minimum absolute atomic E-state index is 0.371. The molecule has 2 atom stereocenters. The molecule has 0 heterocycles. The number of carbonyl (C=O) groups excluding carboxylic acids is 1. The molecule has 1 N–H and O–H groups in total. The molecule has 0 spiro atoms. The van der Waals surface area contributed by atoms with Crippen molar-refractivity contribution in [3.05, 3.63) is 11.6 Å². The first-order chi connectivity index (χ1) is 10.1. The first-order valence-corrected chi connectivity index (χ1v) is 8.14. The fourth-order valence-electron chi connectivity index (χ4n) is 2.86. The van der Waals surface area contributed by atoms with E-state index in [-0.39, 0.29) is 5.97 Å². The van der Waals surface area contributed by atoms with Crippen molar-refractivity contribution in [1.82, 2.24) is 0 Å². The van der Waals surface area contributed by atoms with Crippen LogP contribution < -0.4 is 0 Å². The molecule has 0 saturated carbocycles. The summed E-state index contributed by atoms with van der Waals surface area (Å²) in [7, 11) is 0. The van der Waals surface area contributed by atoms with Crippen molar-refractivity contribution in [3.63, 3.8) is 0 Å². The van der Waals surface area contributed by atoms with Crippen LogP contribution in [0.25, 0.3) is 0 Å². The predicted octanol–water partition coefficient (Wildman–Crippen LogP) is 3.95. The van der Waals surface area contributed by atoms with Gasteiger partial charge in [-0.2, -0.15) is 0 Å². The van der Waals surface area contributed by atoms with Gasteiger partial charge in [0.05, 0.1) is 18.4 Å². The van der Waals surface area contributed by atoms with Gasteiger partial charge < -0.3 is 9.84 Å².